The van der Waals surface area contributed by atoms with Crippen LogP contribution in [0.15, 0.2) is 11.5 Å². The van der Waals surface area contributed by atoms with Gasteiger partial charge in [0.05, 0.1) is 38.5 Å². The molecule has 1 rings (SSSR count). The largest absolute Gasteiger partial charge is 0.500 e. The SMILES string of the molecule is CN/C(COC1CCCC(C(=O)OC)C1)=C(/C)OC. The van der Waals surface area contributed by atoms with Gasteiger partial charge in [-0.3, -0.25) is 4.79 Å². The van der Waals surface area contributed by atoms with Crippen LogP contribution in [0.4, 0.5) is 0 Å². The van der Waals surface area contributed by atoms with Crippen molar-refractivity contribution >= 4 is 5.97 Å². The van der Waals surface area contributed by atoms with Gasteiger partial charge in [0.25, 0.3) is 0 Å². The fourth-order valence-electron chi connectivity index (χ4n) is 2.35. The molecule has 0 amide bonds. The van der Waals surface area contributed by atoms with Gasteiger partial charge in [0, 0.05) is 7.05 Å². The molecule has 0 aromatic rings. The van der Waals surface area contributed by atoms with Crippen LogP contribution in [-0.2, 0) is 19.0 Å². The Labute approximate surface area is 115 Å². The zero-order valence-electron chi connectivity index (χ0n) is 12.3. The second-order valence-electron chi connectivity index (χ2n) is 4.81. The summed E-state index contributed by atoms with van der Waals surface area (Å²) in [5.74, 6) is 0.683. The summed E-state index contributed by atoms with van der Waals surface area (Å²) in [7, 11) is 4.93. The average Bonchev–Trinajstić information content (AvgIpc) is 2.46. The zero-order valence-corrected chi connectivity index (χ0v) is 12.3. The fraction of sp³-hybridized carbons (Fsp3) is 0.786. The molecular formula is C14H25NO4. The van der Waals surface area contributed by atoms with E-state index in [0.717, 1.165) is 37.1 Å². The standard InChI is InChI=1S/C14H25NO4/c1-10(17-3)13(15-2)9-19-12-7-5-6-11(8-12)14(16)18-4/h11-12,15H,5-9H2,1-4H3/b13-10-. The molecule has 2 atom stereocenters. The molecule has 0 spiro atoms. The second kappa shape index (κ2) is 8.04. The Bertz CT molecular complexity index is 327. The molecule has 0 aliphatic heterocycles. The number of carbonyl (C=O) groups excluding carboxylic acids is 1. The van der Waals surface area contributed by atoms with Gasteiger partial charge in [-0.1, -0.05) is 6.42 Å². The maximum absolute atomic E-state index is 11.5. The van der Waals surface area contributed by atoms with Crippen LogP contribution in [0.5, 0.6) is 0 Å². The van der Waals surface area contributed by atoms with Crippen molar-refractivity contribution in [3.8, 4) is 0 Å². The zero-order chi connectivity index (χ0) is 14.3. The van der Waals surface area contributed by atoms with Crippen LogP contribution < -0.4 is 5.32 Å². The molecule has 0 saturated heterocycles. The van der Waals surface area contributed by atoms with Crippen LogP contribution in [0, 0.1) is 5.92 Å². The average molecular weight is 271 g/mol. The van der Waals surface area contributed by atoms with Crippen molar-refractivity contribution in [2.45, 2.75) is 38.7 Å². The van der Waals surface area contributed by atoms with E-state index in [4.69, 9.17) is 14.2 Å². The Morgan fingerprint density at radius 3 is 2.58 bits per heavy atom. The first-order chi connectivity index (χ1) is 9.12. The first kappa shape index (κ1) is 15.8. The van der Waals surface area contributed by atoms with Crippen molar-refractivity contribution in [1.29, 1.82) is 0 Å². The number of rotatable bonds is 6. The lowest BCUT2D eigenvalue weighted by Gasteiger charge is -2.28. The van der Waals surface area contributed by atoms with Crippen LogP contribution in [0.25, 0.3) is 0 Å². The number of likely N-dealkylation sites (N-methyl/N-ethyl adjacent to an activating group) is 1. The van der Waals surface area contributed by atoms with Crippen LogP contribution >= 0.6 is 0 Å². The number of hydrogen-bond acceptors (Lipinski definition) is 5. The van der Waals surface area contributed by atoms with Crippen LogP contribution in [0.2, 0.25) is 0 Å². The highest BCUT2D eigenvalue weighted by molar-refractivity contribution is 5.72. The number of ether oxygens (including phenoxy) is 3. The molecule has 1 aliphatic carbocycles. The maximum Gasteiger partial charge on any atom is 0.308 e. The summed E-state index contributed by atoms with van der Waals surface area (Å²) < 4.78 is 15.9. The molecule has 0 heterocycles. The monoisotopic (exact) mass is 271 g/mol. The van der Waals surface area contributed by atoms with Gasteiger partial charge in [-0.15, -0.1) is 0 Å². The number of hydrogen-bond donors (Lipinski definition) is 1. The molecule has 1 saturated carbocycles. The summed E-state index contributed by atoms with van der Waals surface area (Å²) in [5.41, 5.74) is 0.933. The predicted octanol–water partition coefficient (Wildman–Crippen LogP) is 1.83. The smallest absolute Gasteiger partial charge is 0.308 e. The number of allylic oxidation sites excluding steroid dienone is 1. The minimum absolute atomic E-state index is 0.0192. The van der Waals surface area contributed by atoms with E-state index in [9.17, 15) is 4.79 Å². The van der Waals surface area contributed by atoms with Gasteiger partial charge < -0.3 is 19.5 Å². The molecule has 5 heteroatoms. The van der Waals surface area contributed by atoms with Gasteiger partial charge in [-0.25, -0.2) is 0 Å². The van der Waals surface area contributed by atoms with Crippen molar-refractivity contribution in [3.05, 3.63) is 11.5 Å². The lowest BCUT2D eigenvalue weighted by Crippen LogP contribution is -2.30. The normalized spacial score (nSPS) is 24.4. The first-order valence-corrected chi connectivity index (χ1v) is 6.73. The van der Waals surface area contributed by atoms with Crippen LogP contribution in [0.1, 0.15) is 32.6 Å². The Hall–Kier alpha value is -1.23. The van der Waals surface area contributed by atoms with Crippen molar-refractivity contribution in [3.63, 3.8) is 0 Å². The second-order valence-corrected chi connectivity index (χ2v) is 4.81. The molecule has 110 valence electrons. The van der Waals surface area contributed by atoms with E-state index in [2.05, 4.69) is 5.32 Å². The van der Waals surface area contributed by atoms with Crippen molar-refractivity contribution in [2.24, 2.45) is 5.92 Å². The molecule has 2 unspecified atom stereocenters. The van der Waals surface area contributed by atoms with Crippen molar-refractivity contribution < 1.29 is 19.0 Å². The van der Waals surface area contributed by atoms with E-state index in [1.807, 2.05) is 14.0 Å². The quantitative estimate of drug-likeness (QED) is 0.590. The van der Waals surface area contributed by atoms with Gasteiger partial charge in [0.1, 0.15) is 5.76 Å². The lowest BCUT2D eigenvalue weighted by molar-refractivity contribution is -0.148. The Kier molecular flexibility index (Phi) is 6.70. The summed E-state index contributed by atoms with van der Waals surface area (Å²) in [6.45, 7) is 2.38. The predicted molar refractivity (Wildman–Crippen MR) is 72.5 cm³/mol. The Balaban J connectivity index is 2.47. The van der Waals surface area contributed by atoms with Gasteiger partial charge in [-0.2, -0.15) is 0 Å². The highest BCUT2D eigenvalue weighted by Crippen LogP contribution is 2.27. The third-order valence-electron chi connectivity index (χ3n) is 3.66. The highest BCUT2D eigenvalue weighted by Gasteiger charge is 2.28. The fourth-order valence-corrected chi connectivity index (χ4v) is 2.35. The number of methoxy groups -OCH3 is 2. The van der Waals surface area contributed by atoms with Gasteiger partial charge in [-0.05, 0) is 26.2 Å². The third-order valence-corrected chi connectivity index (χ3v) is 3.66. The van der Waals surface area contributed by atoms with Crippen molar-refractivity contribution in [1.82, 2.24) is 5.32 Å². The molecule has 1 aliphatic rings. The number of carbonyl (C=O) groups is 1. The van der Waals surface area contributed by atoms with Crippen LogP contribution in [0.3, 0.4) is 0 Å². The van der Waals surface area contributed by atoms with Crippen molar-refractivity contribution in [2.75, 3.05) is 27.9 Å². The number of nitrogens with one attached hydrogen (secondary N) is 1. The summed E-state index contributed by atoms with van der Waals surface area (Å²) in [6.07, 6.45) is 3.77. The first-order valence-electron chi connectivity index (χ1n) is 6.73. The van der Waals surface area contributed by atoms with E-state index in [-0.39, 0.29) is 18.0 Å². The lowest BCUT2D eigenvalue weighted by atomic mass is 9.87. The van der Waals surface area contributed by atoms with Crippen LogP contribution in [-0.4, -0.2) is 39.9 Å². The summed E-state index contributed by atoms with van der Waals surface area (Å²) in [4.78, 5) is 11.5. The molecular weight excluding hydrogens is 246 g/mol. The maximum atomic E-state index is 11.5. The van der Waals surface area contributed by atoms with E-state index >= 15 is 0 Å². The summed E-state index contributed by atoms with van der Waals surface area (Å²) in [6, 6.07) is 0. The summed E-state index contributed by atoms with van der Waals surface area (Å²) in [5, 5.41) is 3.08. The van der Waals surface area contributed by atoms with Gasteiger partial charge in [0.2, 0.25) is 0 Å². The third kappa shape index (κ3) is 4.74. The van der Waals surface area contributed by atoms with E-state index < -0.39 is 0 Å². The van der Waals surface area contributed by atoms with E-state index in [1.54, 1.807) is 7.11 Å². The minimum Gasteiger partial charge on any atom is -0.500 e. The molecule has 0 aromatic carbocycles. The Morgan fingerprint density at radius 2 is 2.00 bits per heavy atom. The molecule has 1 N–H and O–H groups in total. The van der Waals surface area contributed by atoms with E-state index in [1.165, 1.54) is 7.11 Å². The molecule has 5 nitrogen and oxygen atoms in total. The van der Waals surface area contributed by atoms with E-state index in [0.29, 0.717) is 6.61 Å². The topological polar surface area (TPSA) is 56.8 Å². The molecule has 0 aromatic heterocycles. The highest BCUT2D eigenvalue weighted by atomic mass is 16.5. The minimum atomic E-state index is -0.120. The Morgan fingerprint density at radius 1 is 1.26 bits per heavy atom. The van der Waals surface area contributed by atoms with Gasteiger partial charge >= 0.3 is 5.97 Å². The molecule has 0 bridgehead atoms. The number of esters is 1. The summed E-state index contributed by atoms with van der Waals surface area (Å²) >= 11 is 0. The molecule has 19 heavy (non-hydrogen) atoms. The van der Waals surface area contributed by atoms with Gasteiger partial charge in [0.15, 0.2) is 0 Å². The molecule has 1 fully saturated rings. The molecule has 0 radical (unpaired) electrons.